The van der Waals surface area contributed by atoms with Gasteiger partial charge in [0.1, 0.15) is 6.04 Å². The molecule has 10 heteroatoms. The average Bonchev–Trinajstić information content (AvgIpc) is 2.78. The highest BCUT2D eigenvalue weighted by Gasteiger charge is 2.32. The molecule has 0 bridgehead atoms. The second-order valence-corrected chi connectivity index (χ2v) is 10.4. The Bertz CT molecular complexity index is 1060. The fourth-order valence-corrected chi connectivity index (χ4v) is 4.69. The number of amides is 2. The molecule has 1 atom stereocenters. The number of nitrogens with one attached hydrogen (secondary N) is 1. The molecule has 0 heterocycles. The van der Waals surface area contributed by atoms with Crippen molar-refractivity contribution in [1.82, 2.24) is 14.5 Å². The lowest BCUT2D eigenvalue weighted by molar-refractivity contribution is -0.141. The molecular weight excluding hydrogens is 485 g/mol. The largest absolute Gasteiger partial charge is 0.354 e. The van der Waals surface area contributed by atoms with Gasteiger partial charge in [0.05, 0.1) is 11.4 Å². The number of hydrogen-bond donors (Lipinski definition) is 1. The molecule has 1 unspecified atom stereocenters. The number of carbonyl (C=O) groups excluding carboxylic acids is 2. The van der Waals surface area contributed by atoms with E-state index in [1.165, 1.54) is 36.2 Å². The molecule has 0 fully saturated rings. The molecular formula is C23H29Cl2N3O4S. The number of sulfonamides is 1. The van der Waals surface area contributed by atoms with Gasteiger partial charge in [0.2, 0.25) is 21.8 Å². The summed E-state index contributed by atoms with van der Waals surface area (Å²) in [6.45, 7) is 3.86. The van der Waals surface area contributed by atoms with Crippen molar-refractivity contribution in [2.24, 2.45) is 0 Å². The summed E-state index contributed by atoms with van der Waals surface area (Å²) < 4.78 is 26.8. The Kier molecular flexibility index (Phi) is 10.2. The van der Waals surface area contributed by atoms with E-state index in [2.05, 4.69) is 5.32 Å². The molecule has 7 nitrogen and oxygen atoms in total. The first-order valence-corrected chi connectivity index (χ1v) is 12.8. The SMILES string of the molecule is CCCNC(=O)C(CC)N(Cc1ccccc1Cl)C(=O)CN(C)S(=O)(=O)c1ccc(Cl)cc1. The third-order valence-corrected chi connectivity index (χ3v) is 7.55. The zero-order valence-electron chi connectivity index (χ0n) is 18.9. The summed E-state index contributed by atoms with van der Waals surface area (Å²) in [7, 11) is -2.60. The van der Waals surface area contributed by atoms with E-state index < -0.39 is 28.5 Å². The molecule has 180 valence electrons. The minimum Gasteiger partial charge on any atom is -0.354 e. The third kappa shape index (κ3) is 7.17. The third-order valence-electron chi connectivity index (χ3n) is 5.11. The number of benzene rings is 2. The molecule has 0 radical (unpaired) electrons. The second-order valence-electron chi connectivity index (χ2n) is 7.54. The predicted octanol–water partition coefficient (Wildman–Crippen LogP) is 3.95. The van der Waals surface area contributed by atoms with Gasteiger partial charge in [-0.1, -0.05) is 55.2 Å². The minimum atomic E-state index is -3.93. The van der Waals surface area contributed by atoms with Gasteiger partial charge in [-0.25, -0.2) is 8.42 Å². The molecule has 0 saturated heterocycles. The summed E-state index contributed by atoms with van der Waals surface area (Å²) in [5.74, 6) is -0.795. The zero-order chi connectivity index (χ0) is 24.6. The van der Waals surface area contributed by atoms with Crippen LogP contribution in [0.3, 0.4) is 0 Å². The minimum absolute atomic E-state index is 0.0209. The standard InChI is InChI=1S/C23H29Cl2N3O4S/c1-4-14-26-23(30)21(5-2)28(15-17-8-6-7-9-20(17)25)22(29)16-27(3)33(31,32)19-12-10-18(24)11-13-19/h6-13,21H,4-5,14-16H2,1-3H3,(H,26,30). The van der Waals surface area contributed by atoms with Crippen LogP contribution in [-0.4, -0.2) is 55.6 Å². The van der Waals surface area contributed by atoms with E-state index in [0.29, 0.717) is 28.6 Å². The first-order chi connectivity index (χ1) is 15.6. The molecule has 0 aromatic heterocycles. The number of likely N-dealkylation sites (N-methyl/N-ethyl adjacent to an activating group) is 1. The molecule has 2 rings (SSSR count). The second kappa shape index (κ2) is 12.4. The molecule has 2 aromatic rings. The summed E-state index contributed by atoms with van der Waals surface area (Å²) in [4.78, 5) is 27.6. The van der Waals surface area contributed by atoms with Gasteiger partial charge in [-0.3, -0.25) is 9.59 Å². The Hall–Kier alpha value is -2.13. The van der Waals surface area contributed by atoms with E-state index in [1.807, 2.05) is 6.92 Å². The van der Waals surface area contributed by atoms with Gasteiger partial charge in [-0.2, -0.15) is 4.31 Å². The maximum atomic E-state index is 13.4. The highest BCUT2D eigenvalue weighted by molar-refractivity contribution is 7.89. The maximum Gasteiger partial charge on any atom is 0.243 e. The maximum absolute atomic E-state index is 13.4. The Labute approximate surface area is 205 Å². The van der Waals surface area contributed by atoms with Crippen molar-refractivity contribution in [3.63, 3.8) is 0 Å². The Morgan fingerprint density at radius 3 is 2.24 bits per heavy atom. The first kappa shape index (κ1) is 27.1. The lowest BCUT2D eigenvalue weighted by atomic mass is 10.1. The summed E-state index contributed by atoms with van der Waals surface area (Å²) in [6.07, 6.45) is 1.11. The van der Waals surface area contributed by atoms with Crippen LogP contribution in [0, 0.1) is 0 Å². The van der Waals surface area contributed by atoms with Crippen LogP contribution in [0.4, 0.5) is 0 Å². The average molecular weight is 514 g/mol. The van der Waals surface area contributed by atoms with Crippen LogP contribution in [0.1, 0.15) is 32.3 Å². The van der Waals surface area contributed by atoms with Gasteiger partial charge in [-0.15, -0.1) is 0 Å². The van der Waals surface area contributed by atoms with E-state index in [0.717, 1.165) is 10.7 Å². The van der Waals surface area contributed by atoms with Crippen LogP contribution in [0.5, 0.6) is 0 Å². The number of carbonyl (C=O) groups is 2. The summed E-state index contributed by atoms with van der Waals surface area (Å²) in [6, 6.07) is 12.0. The van der Waals surface area contributed by atoms with E-state index >= 15 is 0 Å². The van der Waals surface area contributed by atoms with Crippen molar-refractivity contribution in [2.45, 2.75) is 44.2 Å². The van der Waals surface area contributed by atoms with Crippen molar-refractivity contribution < 1.29 is 18.0 Å². The Balaban J connectivity index is 2.32. The van der Waals surface area contributed by atoms with Crippen LogP contribution in [-0.2, 0) is 26.2 Å². The molecule has 2 aromatic carbocycles. The van der Waals surface area contributed by atoms with Gasteiger partial charge in [-0.05, 0) is 48.7 Å². The summed E-state index contributed by atoms with van der Waals surface area (Å²) >= 11 is 12.2. The van der Waals surface area contributed by atoms with Crippen molar-refractivity contribution in [1.29, 1.82) is 0 Å². The molecule has 0 aliphatic rings. The van der Waals surface area contributed by atoms with Gasteiger partial charge in [0.25, 0.3) is 0 Å². The highest BCUT2D eigenvalue weighted by atomic mass is 35.5. The number of rotatable bonds is 11. The van der Waals surface area contributed by atoms with Crippen molar-refractivity contribution >= 4 is 45.0 Å². The lowest BCUT2D eigenvalue weighted by Crippen LogP contribution is -2.51. The predicted molar refractivity (Wildman–Crippen MR) is 131 cm³/mol. The summed E-state index contributed by atoms with van der Waals surface area (Å²) in [5.41, 5.74) is 0.664. The van der Waals surface area contributed by atoms with E-state index in [4.69, 9.17) is 23.2 Å². The Morgan fingerprint density at radius 1 is 1.03 bits per heavy atom. The van der Waals surface area contributed by atoms with Crippen molar-refractivity contribution in [3.8, 4) is 0 Å². The monoisotopic (exact) mass is 513 g/mol. The molecule has 2 amide bonds. The number of halogens is 2. The van der Waals surface area contributed by atoms with Crippen molar-refractivity contribution in [3.05, 3.63) is 64.1 Å². The van der Waals surface area contributed by atoms with Crippen LogP contribution in [0.25, 0.3) is 0 Å². The van der Waals surface area contributed by atoms with Gasteiger partial charge >= 0.3 is 0 Å². The number of nitrogens with zero attached hydrogens (tertiary/aromatic N) is 2. The van der Waals surface area contributed by atoms with E-state index in [1.54, 1.807) is 31.2 Å². The first-order valence-electron chi connectivity index (χ1n) is 10.6. The topological polar surface area (TPSA) is 86.8 Å². The quantitative estimate of drug-likeness (QED) is 0.492. The summed E-state index contributed by atoms with van der Waals surface area (Å²) in [5, 5.41) is 3.69. The molecule has 0 spiro atoms. The highest BCUT2D eigenvalue weighted by Crippen LogP contribution is 2.21. The molecule has 1 N–H and O–H groups in total. The van der Waals surface area contributed by atoms with Crippen LogP contribution < -0.4 is 5.32 Å². The zero-order valence-corrected chi connectivity index (χ0v) is 21.3. The molecule has 0 aliphatic carbocycles. The van der Waals surface area contributed by atoms with Crippen LogP contribution in [0.15, 0.2) is 53.4 Å². The molecule has 0 aliphatic heterocycles. The van der Waals surface area contributed by atoms with Gasteiger partial charge in [0, 0.05) is 30.2 Å². The Morgan fingerprint density at radius 2 is 1.67 bits per heavy atom. The fourth-order valence-electron chi connectivity index (χ4n) is 3.25. The van der Waals surface area contributed by atoms with E-state index in [-0.39, 0.29) is 17.3 Å². The molecule has 33 heavy (non-hydrogen) atoms. The molecule has 0 saturated carbocycles. The van der Waals surface area contributed by atoms with Gasteiger partial charge in [0.15, 0.2) is 0 Å². The van der Waals surface area contributed by atoms with Gasteiger partial charge < -0.3 is 10.2 Å². The van der Waals surface area contributed by atoms with Crippen LogP contribution >= 0.6 is 23.2 Å². The van der Waals surface area contributed by atoms with E-state index in [9.17, 15) is 18.0 Å². The fraction of sp³-hybridized carbons (Fsp3) is 0.391. The smallest absolute Gasteiger partial charge is 0.243 e. The van der Waals surface area contributed by atoms with Crippen molar-refractivity contribution in [2.75, 3.05) is 20.1 Å². The lowest BCUT2D eigenvalue weighted by Gasteiger charge is -2.32. The number of hydrogen-bond acceptors (Lipinski definition) is 4. The normalized spacial score (nSPS) is 12.4. The van der Waals surface area contributed by atoms with Crippen LogP contribution in [0.2, 0.25) is 10.0 Å².